The fraction of sp³-hybridized carbons (Fsp3) is 0.200. The van der Waals surface area contributed by atoms with E-state index in [1.807, 2.05) is 64.5 Å². The highest BCUT2D eigenvalue weighted by atomic mass is 35.5. The number of benzene rings is 2. The summed E-state index contributed by atoms with van der Waals surface area (Å²) in [5.74, 6) is 0.825. The van der Waals surface area contributed by atoms with E-state index in [9.17, 15) is 4.79 Å². The van der Waals surface area contributed by atoms with Gasteiger partial charge >= 0.3 is 0 Å². The fourth-order valence-corrected chi connectivity index (χ4v) is 3.44. The Labute approximate surface area is 156 Å². The quantitative estimate of drug-likeness (QED) is 0.553. The number of hydrogen-bond donors (Lipinski definition) is 0. The predicted octanol–water partition coefficient (Wildman–Crippen LogP) is 3.78. The molecule has 4 aromatic rings. The molecule has 0 bridgehead atoms. The number of amides is 1. The summed E-state index contributed by atoms with van der Waals surface area (Å²) in [6.07, 6.45) is 0.268. The molecule has 4 rings (SSSR count). The zero-order valence-corrected chi connectivity index (χ0v) is 15.7. The smallest absolute Gasteiger partial charge is 0.228 e. The van der Waals surface area contributed by atoms with Gasteiger partial charge in [-0.15, -0.1) is 0 Å². The number of hydrogen-bond acceptors (Lipinski definition) is 2. The molecule has 0 saturated carbocycles. The van der Waals surface area contributed by atoms with Crippen LogP contribution in [0.1, 0.15) is 5.69 Å². The molecule has 2 heterocycles. The molecular formula is C20H19ClN4O. The largest absolute Gasteiger partial charge is 0.348 e. The van der Waals surface area contributed by atoms with Gasteiger partial charge in [-0.25, -0.2) is 4.98 Å². The Bertz CT molecular complexity index is 1130. The van der Waals surface area contributed by atoms with E-state index in [1.54, 1.807) is 19.0 Å². The first-order valence-corrected chi connectivity index (χ1v) is 8.76. The first-order chi connectivity index (χ1) is 12.5. The molecule has 26 heavy (non-hydrogen) atoms. The van der Waals surface area contributed by atoms with E-state index in [4.69, 9.17) is 16.6 Å². The fourth-order valence-electron chi connectivity index (χ4n) is 3.28. The Balaban J connectivity index is 2.07. The molecule has 0 aliphatic heterocycles. The van der Waals surface area contributed by atoms with Crippen molar-refractivity contribution in [3.63, 3.8) is 0 Å². The molecule has 5 nitrogen and oxygen atoms in total. The zero-order chi connectivity index (χ0) is 18.4. The van der Waals surface area contributed by atoms with Crippen molar-refractivity contribution in [3.05, 3.63) is 59.2 Å². The Hall–Kier alpha value is -2.79. The van der Waals surface area contributed by atoms with Gasteiger partial charge < -0.3 is 9.47 Å². The van der Waals surface area contributed by atoms with Gasteiger partial charge in [-0.2, -0.15) is 0 Å². The van der Waals surface area contributed by atoms with Gasteiger partial charge in [-0.3, -0.25) is 9.20 Å². The summed E-state index contributed by atoms with van der Waals surface area (Å²) in [6, 6.07) is 15.7. The Kier molecular flexibility index (Phi) is 3.96. The number of carbonyl (C=O) groups excluding carboxylic acids is 1. The molecular weight excluding hydrogens is 348 g/mol. The van der Waals surface area contributed by atoms with E-state index >= 15 is 0 Å². The molecule has 1 amide bonds. The van der Waals surface area contributed by atoms with E-state index in [0.717, 1.165) is 33.8 Å². The third-order valence-electron chi connectivity index (χ3n) is 4.66. The van der Waals surface area contributed by atoms with Crippen LogP contribution in [0, 0.1) is 0 Å². The van der Waals surface area contributed by atoms with Crippen molar-refractivity contribution in [2.45, 2.75) is 6.42 Å². The second kappa shape index (κ2) is 6.18. The van der Waals surface area contributed by atoms with Gasteiger partial charge in [0.1, 0.15) is 0 Å². The number of carbonyl (C=O) groups is 1. The SMILES string of the molecule is CN(C)C(=O)Cc1c(-c2ccccc2)nc2n(C)c3ccc(Cl)cc3n12. The molecule has 0 N–H and O–H groups in total. The van der Waals surface area contributed by atoms with Gasteiger partial charge in [0, 0.05) is 31.7 Å². The van der Waals surface area contributed by atoms with Crippen LogP contribution in [-0.4, -0.2) is 38.9 Å². The van der Waals surface area contributed by atoms with E-state index < -0.39 is 0 Å². The van der Waals surface area contributed by atoms with Gasteiger partial charge in [-0.1, -0.05) is 41.9 Å². The van der Waals surface area contributed by atoms with Crippen molar-refractivity contribution in [1.82, 2.24) is 18.9 Å². The van der Waals surface area contributed by atoms with Gasteiger partial charge in [0.05, 0.1) is 28.8 Å². The predicted molar refractivity (Wildman–Crippen MR) is 105 cm³/mol. The van der Waals surface area contributed by atoms with Crippen LogP contribution in [0.5, 0.6) is 0 Å². The van der Waals surface area contributed by atoms with E-state index in [-0.39, 0.29) is 12.3 Å². The van der Waals surface area contributed by atoms with E-state index in [1.165, 1.54) is 0 Å². The van der Waals surface area contributed by atoms with Gasteiger partial charge in [0.2, 0.25) is 11.7 Å². The Morgan fingerprint density at radius 2 is 1.85 bits per heavy atom. The average Bonchev–Trinajstić information content (AvgIpc) is 3.12. The summed E-state index contributed by atoms with van der Waals surface area (Å²) < 4.78 is 4.08. The summed E-state index contributed by atoms with van der Waals surface area (Å²) >= 11 is 6.24. The van der Waals surface area contributed by atoms with Crippen molar-refractivity contribution in [3.8, 4) is 11.3 Å². The minimum absolute atomic E-state index is 0.0306. The lowest BCUT2D eigenvalue weighted by Crippen LogP contribution is -2.24. The lowest BCUT2D eigenvalue weighted by atomic mass is 10.1. The molecule has 0 saturated heterocycles. The maximum absolute atomic E-state index is 12.5. The van der Waals surface area contributed by atoms with Crippen molar-refractivity contribution in [1.29, 1.82) is 0 Å². The van der Waals surface area contributed by atoms with Crippen molar-refractivity contribution >= 4 is 34.3 Å². The lowest BCUT2D eigenvalue weighted by Gasteiger charge is -2.11. The van der Waals surface area contributed by atoms with Crippen LogP contribution in [-0.2, 0) is 18.3 Å². The lowest BCUT2D eigenvalue weighted by molar-refractivity contribution is -0.128. The van der Waals surface area contributed by atoms with E-state index in [0.29, 0.717) is 5.02 Å². The van der Waals surface area contributed by atoms with E-state index in [2.05, 4.69) is 0 Å². The molecule has 0 spiro atoms. The number of fused-ring (bicyclic) bond motifs is 3. The number of aromatic nitrogens is 3. The van der Waals surface area contributed by atoms with Crippen LogP contribution in [0.4, 0.5) is 0 Å². The van der Waals surface area contributed by atoms with Crippen LogP contribution in [0.3, 0.4) is 0 Å². The molecule has 0 fully saturated rings. The molecule has 6 heteroatoms. The van der Waals surface area contributed by atoms with Crippen LogP contribution in [0.2, 0.25) is 5.02 Å². The first-order valence-electron chi connectivity index (χ1n) is 8.38. The number of imidazole rings is 2. The van der Waals surface area contributed by atoms with Gasteiger partial charge in [0.15, 0.2) is 0 Å². The number of aryl methyl sites for hydroxylation is 1. The molecule has 2 aromatic carbocycles. The molecule has 2 aromatic heterocycles. The minimum Gasteiger partial charge on any atom is -0.348 e. The number of rotatable bonds is 3. The molecule has 0 radical (unpaired) electrons. The molecule has 0 unspecified atom stereocenters. The monoisotopic (exact) mass is 366 g/mol. The minimum atomic E-state index is 0.0306. The maximum atomic E-state index is 12.5. The summed E-state index contributed by atoms with van der Waals surface area (Å²) in [5.41, 5.74) is 4.67. The number of nitrogens with zero attached hydrogens (tertiary/aromatic N) is 4. The molecule has 0 atom stereocenters. The highest BCUT2D eigenvalue weighted by molar-refractivity contribution is 6.31. The number of likely N-dealkylation sites (N-methyl/N-ethyl adjacent to an activating group) is 1. The average molecular weight is 367 g/mol. The van der Waals surface area contributed by atoms with Gasteiger partial charge in [0.25, 0.3) is 0 Å². The van der Waals surface area contributed by atoms with Crippen molar-refractivity contribution in [2.75, 3.05) is 14.1 Å². The summed E-state index contributed by atoms with van der Waals surface area (Å²) in [5, 5.41) is 0.657. The summed E-state index contributed by atoms with van der Waals surface area (Å²) in [4.78, 5) is 19.0. The highest BCUT2D eigenvalue weighted by Crippen LogP contribution is 2.31. The first kappa shape index (κ1) is 16.7. The second-order valence-corrected chi connectivity index (χ2v) is 7.00. The van der Waals surface area contributed by atoms with Crippen LogP contribution >= 0.6 is 11.6 Å². The van der Waals surface area contributed by atoms with Gasteiger partial charge in [-0.05, 0) is 18.2 Å². The molecule has 132 valence electrons. The highest BCUT2D eigenvalue weighted by Gasteiger charge is 2.22. The van der Waals surface area contributed by atoms with Crippen LogP contribution < -0.4 is 0 Å². The molecule has 0 aliphatic carbocycles. The van der Waals surface area contributed by atoms with Crippen LogP contribution in [0.15, 0.2) is 48.5 Å². The molecule has 0 aliphatic rings. The van der Waals surface area contributed by atoms with Crippen LogP contribution in [0.25, 0.3) is 28.1 Å². The Morgan fingerprint density at radius 1 is 1.12 bits per heavy atom. The van der Waals surface area contributed by atoms with Crippen molar-refractivity contribution < 1.29 is 4.79 Å². The standard InChI is InChI=1S/C20H19ClN4O/c1-23(2)18(26)12-17-19(13-7-5-4-6-8-13)22-20-24(3)15-10-9-14(21)11-16(15)25(17)20/h4-11H,12H2,1-3H3. The Morgan fingerprint density at radius 3 is 2.54 bits per heavy atom. The maximum Gasteiger partial charge on any atom is 0.228 e. The topological polar surface area (TPSA) is 42.5 Å². The summed E-state index contributed by atoms with van der Waals surface area (Å²) in [6.45, 7) is 0. The second-order valence-electron chi connectivity index (χ2n) is 6.57. The third-order valence-corrected chi connectivity index (χ3v) is 4.89. The number of halogens is 1. The normalized spacial score (nSPS) is 11.4. The summed E-state index contributed by atoms with van der Waals surface area (Å²) in [7, 11) is 5.51. The zero-order valence-electron chi connectivity index (χ0n) is 14.9. The third kappa shape index (κ3) is 2.56. The van der Waals surface area contributed by atoms with Crippen molar-refractivity contribution in [2.24, 2.45) is 7.05 Å².